The highest BCUT2D eigenvalue weighted by Gasteiger charge is 2.25. The molecule has 0 radical (unpaired) electrons. The van der Waals surface area contributed by atoms with Crippen molar-refractivity contribution in [2.24, 2.45) is 4.99 Å². The summed E-state index contributed by atoms with van der Waals surface area (Å²) in [5, 5.41) is 15.2. The fourth-order valence-electron chi connectivity index (χ4n) is 3.98. The first-order valence-electron chi connectivity index (χ1n) is 10.8. The lowest BCUT2D eigenvalue weighted by Crippen LogP contribution is -2.14. The van der Waals surface area contributed by atoms with Crippen molar-refractivity contribution in [3.8, 4) is 11.1 Å². The minimum absolute atomic E-state index is 0.119. The predicted octanol–water partition coefficient (Wildman–Crippen LogP) is 5.38. The number of fused-ring (bicyclic) bond motifs is 1. The smallest absolute Gasteiger partial charge is 0.336 e. The van der Waals surface area contributed by atoms with Gasteiger partial charge in [0, 0.05) is 16.8 Å². The molecule has 3 N–H and O–H groups in total. The maximum Gasteiger partial charge on any atom is 0.336 e. The Hall–Kier alpha value is -5.04. The van der Waals surface area contributed by atoms with E-state index >= 15 is 0 Å². The molecule has 0 aliphatic carbocycles. The van der Waals surface area contributed by atoms with Crippen LogP contribution in [0.15, 0.2) is 102 Å². The van der Waals surface area contributed by atoms with Crippen molar-refractivity contribution in [2.75, 3.05) is 10.6 Å². The van der Waals surface area contributed by atoms with Gasteiger partial charge in [-0.1, -0.05) is 54.6 Å². The second kappa shape index (κ2) is 9.07. The van der Waals surface area contributed by atoms with Gasteiger partial charge in [-0.15, -0.1) is 0 Å². The zero-order valence-corrected chi connectivity index (χ0v) is 18.4. The number of anilines is 2. The van der Waals surface area contributed by atoms with Crippen LogP contribution in [0.1, 0.15) is 26.3 Å². The van der Waals surface area contributed by atoms with Crippen LogP contribution in [0.25, 0.3) is 11.1 Å². The molecule has 35 heavy (non-hydrogen) atoms. The Balaban J connectivity index is 1.39. The van der Waals surface area contributed by atoms with Crippen LogP contribution in [-0.2, 0) is 4.79 Å². The van der Waals surface area contributed by atoms with Gasteiger partial charge < -0.3 is 15.7 Å². The Morgan fingerprint density at radius 2 is 1.29 bits per heavy atom. The molecule has 7 nitrogen and oxygen atoms in total. The normalized spacial score (nSPS) is 13.3. The van der Waals surface area contributed by atoms with Crippen LogP contribution in [0.5, 0.6) is 0 Å². The summed E-state index contributed by atoms with van der Waals surface area (Å²) in [6.07, 6.45) is 0. The molecule has 0 aromatic heterocycles. The van der Waals surface area contributed by atoms with Gasteiger partial charge in [-0.05, 0) is 53.6 Å². The Morgan fingerprint density at radius 1 is 0.714 bits per heavy atom. The average molecular weight is 461 g/mol. The highest BCUT2D eigenvalue weighted by molar-refractivity contribution is 6.54. The Labute approximate surface area is 200 Å². The van der Waals surface area contributed by atoms with Crippen molar-refractivity contribution < 1.29 is 19.5 Å². The topological polar surface area (TPSA) is 108 Å². The molecular formula is C28H19N3O4. The number of amides is 2. The molecule has 0 saturated carbocycles. The molecule has 7 heteroatoms. The average Bonchev–Trinajstić information content (AvgIpc) is 3.20. The third kappa shape index (κ3) is 4.30. The third-order valence-electron chi connectivity index (χ3n) is 5.63. The summed E-state index contributed by atoms with van der Waals surface area (Å²) in [6, 6.07) is 27.6. The van der Waals surface area contributed by atoms with Gasteiger partial charge >= 0.3 is 5.97 Å². The number of nitrogens with one attached hydrogen (secondary N) is 2. The second-order valence-corrected chi connectivity index (χ2v) is 7.86. The van der Waals surface area contributed by atoms with Gasteiger partial charge in [0.2, 0.25) is 0 Å². The Kier molecular flexibility index (Phi) is 5.65. The van der Waals surface area contributed by atoms with E-state index in [-0.39, 0.29) is 17.4 Å². The van der Waals surface area contributed by atoms with Gasteiger partial charge in [0.25, 0.3) is 11.8 Å². The molecule has 0 fully saturated rings. The van der Waals surface area contributed by atoms with Gasteiger partial charge in [-0.25, -0.2) is 9.79 Å². The number of carbonyl (C=O) groups excluding carboxylic acids is 2. The summed E-state index contributed by atoms with van der Waals surface area (Å²) < 4.78 is 0. The number of aromatic carboxylic acids is 1. The van der Waals surface area contributed by atoms with Crippen molar-refractivity contribution in [3.63, 3.8) is 0 Å². The lowest BCUT2D eigenvalue weighted by Gasteiger charge is -2.12. The standard InChI is InChI=1S/C28H19N3O4/c32-26(21-9-3-1-7-19(21)20-8-2-4-10-22(20)28(34)35)30-18-15-13-17(14-16-18)29-25-23-11-5-6-12-24(23)31-27(25)33/h1-16H,(H,30,32)(H,34,35)(H,29,31,33). The highest BCUT2D eigenvalue weighted by atomic mass is 16.4. The van der Waals surface area contributed by atoms with Gasteiger partial charge in [0.1, 0.15) is 5.71 Å². The van der Waals surface area contributed by atoms with E-state index in [1.54, 1.807) is 66.7 Å². The third-order valence-corrected chi connectivity index (χ3v) is 5.63. The first-order chi connectivity index (χ1) is 17.0. The Bertz CT molecular complexity index is 1510. The highest BCUT2D eigenvalue weighted by Crippen LogP contribution is 2.29. The van der Waals surface area contributed by atoms with Gasteiger partial charge in [-0.2, -0.15) is 0 Å². The number of carboxylic acids is 1. The molecule has 0 atom stereocenters. The molecule has 0 bridgehead atoms. The van der Waals surface area contributed by atoms with Crippen LogP contribution >= 0.6 is 0 Å². The summed E-state index contributed by atoms with van der Waals surface area (Å²) in [7, 11) is 0. The van der Waals surface area contributed by atoms with E-state index in [0.29, 0.717) is 33.8 Å². The second-order valence-electron chi connectivity index (χ2n) is 7.86. The van der Waals surface area contributed by atoms with Crippen molar-refractivity contribution in [1.29, 1.82) is 0 Å². The van der Waals surface area contributed by atoms with Crippen molar-refractivity contribution in [2.45, 2.75) is 0 Å². The molecule has 4 aromatic carbocycles. The quantitative estimate of drug-likeness (QED) is 0.371. The number of rotatable bonds is 5. The van der Waals surface area contributed by atoms with Crippen LogP contribution in [-0.4, -0.2) is 28.6 Å². The van der Waals surface area contributed by atoms with Crippen LogP contribution in [0.3, 0.4) is 0 Å². The number of hydrogen-bond donors (Lipinski definition) is 3. The van der Waals surface area contributed by atoms with Crippen molar-refractivity contribution in [1.82, 2.24) is 0 Å². The summed E-state index contributed by atoms with van der Waals surface area (Å²) >= 11 is 0. The number of para-hydroxylation sites is 1. The zero-order valence-electron chi connectivity index (χ0n) is 18.4. The number of benzene rings is 4. The summed E-state index contributed by atoms with van der Waals surface area (Å²) in [6.45, 7) is 0. The van der Waals surface area contributed by atoms with Crippen LogP contribution < -0.4 is 10.6 Å². The van der Waals surface area contributed by atoms with E-state index in [0.717, 1.165) is 11.3 Å². The molecule has 170 valence electrons. The lowest BCUT2D eigenvalue weighted by molar-refractivity contribution is -0.110. The number of carboxylic acid groups (broad SMARTS) is 1. The van der Waals surface area contributed by atoms with Crippen LogP contribution in [0.2, 0.25) is 0 Å². The zero-order chi connectivity index (χ0) is 24.4. The van der Waals surface area contributed by atoms with E-state index in [1.165, 1.54) is 6.07 Å². The predicted molar refractivity (Wildman–Crippen MR) is 135 cm³/mol. The van der Waals surface area contributed by atoms with Crippen molar-refractivity contribution in [3.05, 3.63) is 114 Å². The minimum Gasteiger partial charge on any atom is -0.478 e. The van der Waals surface area contributed by atoms with E-state index in [2.05, 4.69) is 15.6 Å². The largest absolute Gasteiger partial charge is 0.478 e. The van der Waals surface area contributed by atoms with Crippen LogP contribution in [0, 0.1) is 0 Å². The Morgan fingerprint density at radius 3 is 1.97 bits per heavy atom. The van der Waals surface area contributed by atoms with E-state index in [9.17, 15) is 19.5 Å². The maximum absolute atomic E-state index is 13.1. The molecule has 1 aliphatic rings. The number of carbonyl (C=O) groups is 3. The van der Waals surface area contributed by atoms with E-state index < -0.39 is 5.97 Å². The number of nitrogens with zero attached hydrogens (tertiary/aromatic N) is 1. The maximum atomic E-state index is 13.1. The molecule has 1 heterocycles. The van der Waals surface area contributed by atoms with Crippen molar-refractivity contribution >= 4 is 40.6 Å². The fourth-order valence-corrected chi connectivity index (χ4v) is 3.98. The summed E-state index contributed by atoms with van der Waals surface area (Å²) in [5.41, 5.74) is 4.37. The first-order valence-corrected chi connectivity index (χ1v) is 10.8. The molecule has 5 rings (SSSR count). The van der Waals surface area contributed by atoms with Gasteiger partial charge in [-0.3, -0.25) is 9.59 Å². The molecule has 0 spiro atoms. The number of hydrogen-bond acceptors (Lipinski definition) is 4. The number of aliphatic imine (C=N–C) groups is 1. The molecule has 1 aliphatic heterocycles. The SMILES string of the molecule is O=C1Nc2ccccc2C1=Nc1ccc(NC(=O)c2ccccc2-c2ccccc2C(=O)O)cc1. The molecule has 0 unspecified atom stereocenters. The first kappa shape index (κ1) is 21.8. The molecular weight excluding hydrogens is 442 g/mol. The van der Waals surface area contributed by atoms with E-state index in [4.69, 9.17) is 0 Å². The van der Waals surface area contributed by atoms with Crippen LogP contribution in [0.4, 0.5) is 17.1 Å². The monoisotopic (exact) mass is 461 g/mol. The fraction of sp³-hybridized carbons (Fsp3) is 0. The van der Waals surface area contributed by atoms with Gasteiger partial charge in [0.15, 0.2) is 0 Å². The lowest BCUT2D eigenvalue weighted by atomic mass is 9.95. The van der Waals surface area contributed by atoms with E-state index in [1.807, 2.05) is 24.3 Å². The summed E-state index contributed by atoms with van der Waals surface area (Å²) in [5.74, 6) is -1.70. The molecule has 0 saturated heterocycles. The van der Waals surface area contributed by atoms with Gasteiger partial charge in [0.05, 0.1) is 16.9 Å². The molecule has 4 aromatic rings. The summed E-state index contributed by atoms with van der Waals surface area (Å²) in [4.78, 5) is 41.5. The minimum atomic E-state index is -1.06. The molecule has 2 amide bonds.